The Bertz CT molecular complexity index is 467. The van der Waals surface area contributed by atoms with Gasteiger partial charge in [-0.3, -0.25) is 10.2 Å². The minimum Gasteiger partial charge on any atom is -0.384 e. The van der Waals surface area contributed by atoms with Crippen LogP contribution in [0.5, 0.6) is 0 Å². The number of thiophene rings is 1. The normalized spacial score (nSPS) is 15.8. The second-order valence-electron chi connectivity index (χ2n) is 4.15. The standard InChI is InChI=1S/C13H16N2O2S/c16-8-4-5-12-9-11(10-18-12)13(17)14-15-6-2-1-3-7-15/h9-10,16H,1-3,6-8H2,(H,14,17). The van der Waals surface area contributed by atoms with E-state index in [1.807, 2.05) is 5.01 Å². The molecule has 1 saturated heterocycles. The van der Waals surface area contributed by atoms with E-state index >= 15 is 0 Å². The number of rotatable bonds is 2. The Kier molecular flexibility index (Phi) is 4.76. The molecule has 2 rings (SSSR count). The molecule has 2 heterocycles. The maximum atomic E-state index is 12.0. The lowest BCUT2D eigenvalue weighted by Gasteiger charge is -2.26. The summed E-state index contributed by atoms with van der Waals surface area (Å²) in [6.07, 6.45) is 3.51. The first-order valence-corrected chi connectivity index (χ1v) is 6.92. The summed E-state index contributed by atoms with van der Waals surface area (Å²) in [4.78, 5) is 12.8. The number of amides is 1. The van der Waals surface area contributed by atoms with Gasteiger partial charge in [0.2, 0.25) is 0 Å². The molecule has 0 bridgehead atoms. The molecule has 1 amide bonds. The molecule has 0 spiro atoms. The number of aliphatic hydroxyl groups excluding tert-OH is 1. The van der Waals surface area contributed by atoms with Crippen molar-refractivity contribution in [3.8, 4) is 11.8 Å². The average molecular weight is 264 g/mol. The fourth-order valence-corrected chi connectivity index (χ4v) is 2.62. The largest absolute Gasteiger partial charge is 0.384 e. The highest BCUT2D eigenvalue weighted by atomic mass is 32.1. The summed E-state index contributed by atoms with van der Waals surface area (Å²) in [5.74, 6) is 5.29. The van der Waals surface area contributed by atoms with Gasteiger partial charge in [-0.05, 0) is 18.9 Å². The molecule has 1 aliphatic rings. The van der Waals surface area contributed by atoms with Crippen LogP contribution in [0.4, 0.5) is 0 Å². The number of hydrazine groups is 1. The lowest BCUT2D eigenvalue weighted by Crippen LogP contribution is -2.44. The van der Waals surface area contributed by atoms with Crippen LogP contribution >= 0.6 is 11.3 Å². The second-order valence-corrected chi connectivity index (χ2v) is 5.06. The van der Waals surface area contributed by atoms with Crippen LogP contribution in [0.3, 0.4) is 0 Å². The zero-order valence-electron chi connectivity index (χ0n) is 10.1. The van der Waals surface area contributed by atoms with E-state index < -0.39 is 0 Å². The van der Waals surface area contributed by atoms with Crippen molar-refractivity contribution < 1.29 is 9.90 Å². The summed E-state index contributed by atoms with van der Waals surface area (Å²) in [7, 11) is 0. The molecule has 0 unspecified atom stereocenters. The first-order chi connectivity index (χ1) is 8.79. The monoisotopic (exact) mass is 264 g/mol. The van der Waals surface area contributed by atoms with Gasteiger partial charge in [-0.1, -0.05) is 18.3 Å². The van der Waals surface area contributed by atoms with Gasteiger partial charge < -0.3 is 5.11 Å². The lowest BCUT2D eigenvalue weighted by atomic mass is 10.2. The molecule has 0 saturated carbocycles. The topological polar surface area (TPSA) is 52.6 Å². The van der Waals surface area contributed by atoms with Crippen molar-refractivity contribution in [1.82, 2.24) is 10.4 Å². The number of carbonyl (C=O) groups excluding carboxylic acids is 1. The number of hydrogen-bond donors (Lipinski definition) is 2. The Hall–Kier alpha value is -1.35. The molecule has 2 N–H and O–H groups in total. The van der Waals surface area contributed by atoms with E-state index in [-0.39, 0.29) is 12.5 Å². The summed E-state index contributed by atoms with van der Waals surface area (Å²) >= 11 is 1.42. The Morgan fingerprint density at radius 1 is 1.44 bits per heavy atom. The van der Waals surface area contributed by atoms with E-state index in [2.05, 4.69) is 17.3 Å². The maximum absolute atomic E-state index is 12.0. The van der Waals surface area contributed by atoms with E-state index in [0.29, 0.717) is 5.56 Å². The highest BCUT2D eigenvalue weighted by molar-refractivity contribution is 7.10. The highest BCUT2D eigenvalue weighted by Gasteiger charge is 2.14. The van der Waals surface area contributed by atoms with Crippen molar-refractivity contribution in [2.24, 2.45) is 0 Å². The summed E-state index contributed by atoms with van der Waals surface area (Å²) in [5, 5.41) is 12.4. The molecule has 1 aromatic heterocycles. The number of carbonyl (C=O) groups is 1. The Morgan fingerprint density at radius 3 is 2.94 bits per heavy atom. The Balaban J connectivity index is 1.93. The number of hydrogen-bond acceptors (Lipinski definition) is 4. The van der Waals surface area contributed by atoms with Gasteiger partial charge >= 0.3 is 0 Å². The molecule has 1 aliphatic heterocycles. The SMILES string of the molecule is O=C(NN1CCCCC1)c1csc(C#CCO)c1. The van der Waals surface area contributed by atoms with Crippen molar-refractivity contribution in [2.45, 2.75) is 19.3 Å². The quantitative estimate of drug-likeness (QED) is 0.790. The molecule has 0 atom stereocenters. The second kappa shape index (κ2) is 6.55. The highest BCUT2D eigenvalue weighted by Crippen LogP contribution is 2.14. The van der Waals surface area contributed by atoms with Crippen molar-refractivity contribution in [1.29, 1.82) is 0 Å². The third-order valence-corrected chi connectivity index (χ3v) is 3.61. The van der Waals surface area contributed by atoms with Crippen LogP contribution in [-0.4, -0.2) is 35.7 Å². The van der Waals surface area contributed by atoms with Crippen molar-refractivity contribution in [3.63, 3.8) is 0 Å². The van der Waals surface area contributed by atoms with Crippen LogP contribution in [-0.2, 0) is 0 Å². The van der Waals surface area contributed by atoms with Gasteiger partial charge in [0.1, 0.15) is 6.61 Å². The van der Waals surface area contributed by atoms with Crippen molar-refractivity contribution >= 4 is 17.2 Å². The first-order valence-electron chi connectivity index (χ1n) is 6.04. The molecule has 1 fully saturated rings. The third-order valence-electron chi connectivity index (χ3n) is 2.77. The van der Waals surface area contributed by atoms with Gasteiger partial charge in [0.05, 0.1) is 10.4 Å². The maximum Gasteiger partial charge on any atom is 0.266 e. The average Bonchev–Trinajstić information content (AvgIpc) is 2.86. The summed E-state index contributed by atoms with van der Waals surface area (Å²) in [6.45, 7) is 1.69. The fraction of sp³-hybridized carbons (Fsp3) is 0.462. The van der Waals surface area contributed by atoms with Crippen LogP contribution in [0.1, 0.15) is 34.5 Å². The molecular formula is C13H16N2O2S. The summed E-state index contributed by atoms with van der Waals surface area (Å²) in [6, 6.07) is 1.76. The lowest BCUT2D eigenvalue weighted by molar-refractivity contribution is 0.0750. The van der Waals surface area contributed by atoms with Gasteiger partial charge in [-0.25, -0.2) is 5.01 Å². The minimum atomic E-state index is -0.160. The Morgan fingerprint density at radius 2 is 2.22 bits per heavy atom. The zero-order chi connectivity index (χ0) is 12.8. The summed E-state index contributed by atoms with van der Waals surface area (Å²) in [5.41, 5.74) is 3.54. The van der Waals surface area contributed by atoms with Crippen LogP contribution in [0.2, 0.25) is 0 Å². The van der Waals surface area contributed by atoms with Gasteiger partial charge in [-0.2, -0.15) is 0 Å². The first kappa shape index (κ1) is 13.1. The molecule has 5 heteroatoms. The van der Waals surface area contributed by atoms with E-state index in [1.165, 1.54) is 17.8 Å². The molecule has 18 heavy (non-hydrogen) atoms. The van der Waals surface area contributed by atoms with E-state index in [4.69, 9.17) is 5.11 Å². The van der Waals surface area contributed by atoms with E-state index in [1.54, 1.807) is 11.4 Å². The smallest absolute Gasteiger partial charge is 0.266 e. The van der Waals surface area contributed by atoms with Gasteiger partial charge in [0.15, 0.2) is 0 Å². The molecule has 0 aliphatic carbocycles. The van der Waals surface area contributed by atoms with Gasteiger partial charge in [-0.15, -0.1) is 11.3 Å². The minimum absolute atomic E-state index is 0.0785. The van der Waals surface area contributed by atoms with Crippen LogP contribution in [0, 0.1) is 11.8 Å². The molecule has 1 aromatic rings. The predicted molar refractivity (Wildman–Crippen MR) is 71.2 cm³/mol. The molecular weight excluding hydrogens is 248 g/mol. The fourth-order valence-electron chi connectivity index (χ4n) is 1.86. The zero-order valence-corrected chi connectivity index (χ0v) is 10.9. The molecule has 0 radical (unpaired) electrons. The van der Waals surface area contributed by atoms with Crippen LogP contribution < -0.4 is 5.43 Å². The van der Waals surface area contributed by atoms with Crippen molar-refractivity contribution in [2.75, 3.05) is 19.7 Å². The molecule has 4 nitrogen and oxygen atoms in total. The van der Waals surface area contributed by atoms with E-state index in [9.17, 15) is 4.79 Å². The molecule has 0 aromatic carbocycles. The van der Waals surface area contributed by atoms with Gasteiger partial charge in [0.25, 0.3) is 5.91 Å². The predicted octanol–water partition coefficient (Wildman–Crippen LogP) is 1.22. The van der Waals surface area contributed by atoms with Crippen molar-refractivity contribution in [3.05, 3.63) is 21.9 Å². The van der Waals surface area contributed by atoms with E-state index in [0.717, 1.165) is 30.8 Å². The number of nitrogens with zero attached hydrogens (tertiary/aromatic N) is 1. The van der Waals surface area contributed by atoms with Crippen LogP contribution in [0.15, 0.2) is 11.4 Å². The summed E-state index contributed by atoms with van der Waals surface area (Å²) < 4.78 is 0. The number of nitrogens with one attached hydrogen (secondary N) is 1. The number of aliphatic hydroxyl groups is 1. The molecule has 96 valence electrons. The Labute approximate surface area is 111 Å². The van der Waals surface area contributed by atoms with Crippen LogP contribution in [0.25, 0.3) is 0 Å². The number of piperidine rings is 1. The van der Waals surface area contributed by atoms with Gasteiger partial charge in [0, 0.05) is 18.5 Å². The third kappa shape index (κ3) is 3.57.